The van der Waals surface area contributed by atoms with E-state index in [4.69, 9.17) is 28.3 Å². The standard InChI is InChI=1S/C15H19Cl2NO4/c16-10-8-11(14(21)12(17)9-10)15(22)18-7-5-3-1-2-4-6-13(19)20/h8-9,21H,1-7H2,(H,18,22)(H,19,20). The molecule has 0 saturated heterocycles. The maximum Gasteiger partial charge on any atom is 0.303 e. The van der Waals surface area contributed by atoms with Gasteiger partial charge in [0, 0.05) is 18.0 Å². The third-order valence-electron chi connectivity index (χ3n) is 3.13. The topological polar surface area (TPSA) is 86.6 Å². The SMILES string of the molecule is O=C(O)CCCCCCCNC(=O)c1cc(Cl)cc(Cl)c1O. The number of unbranched alkanes of at least 4 members (excludes halogenated alkanes) is 4. The van der Waals surface area contributed by atoms with E-state index < -0.39 is 11.9 Å². The van der Waals surface area contributed by atoms with Crippen molar-refractivity contribution < 1.29 is 19.8 Å². The van der Waals surface area contributed by atoms with E-state index in [-0.39, 0.29) is 27.8 Å². The lowest BCUT2D eigenvalue weighted by atomic mass is 10.1. The minimum absolute atomic E-state index is 0.0380. The van der Waals surface area contributed by atoms with Gasteiger partial charge in [-0.05, 0) is 25.0 Å². The Kier molecular flexibility index (Phi) is 8.06. The Morgan fingerprint density at radius 1 is 1.05 bits per heavy atom. The van der Waals surface area contributed by atoms with Crippen molar-refractivity contribution in [2.45, 2.75) is 38.5 Å². The maximum atomic E-state index is 11.9. The minimum Gasteiger partial charge on any atom is -0.506 e. The van der Waals surface area contributed by atoms with Gasteiger partial charge in [0.1, 0.15) is 5.75 Å². The van der Waals surface area contributed by atoms with Crippen LogP contribution in [0.15, 0.2) is 12.1 Å². The van der Waals surface area contributed by atoms with Crippen LogP contribution in [0.3, 0.4) is 0 Å². The molecule has 1 aromatic rings. The predicted molar refractivity (Wildman–Crippen MR) is 85.8 cm³/mol. The summed E-state index contributed by atoms with van der Waals surface area (Å²) >= 11 is 11.6. The molecule has 0 heterocycles. The number of carboxylic acids is 1. The molecule has 1 amide bonds. The zero-order chi connectivity index (χ0) is 16.5. The van der Waals surface area contributed by atoms with Crippen molar-refractivity contribution in [2.24, 2.45) is 0 Å². The van der Waals surface area contributed by atoms with Gasteiger partial charge in [-0.3, -0.25) is 9.59 Å². The van der Waals surface area contributed by atoms with E-state index in [9.17, 15) is 14.7 Å². The lowest BCUT2D eigenvalue weighted by Crippen LogP contribution is -2.24. The van der Waals surface area contributed by atoms with E-state index in [0.717, 1.165) is 25.7 Å². The Bertz CT molecular complexity index is 535. The van der Waals surface area contributed by atoms with Crippen LogP contribution in [0, 0.1) is 0 Å². The number of benzene rings is 1. The number of phenolic OH excluding ortho intramolecular Hbond substituents is 1. The predicted octanol–water partition coefficient (Wildman–Crippen LogP) is 3.85. The van der Waals surface area contributed by atoms with Crippen molar-refractivity contribution in [3.05, 3.63) is 27.7 Å². The van der Waals surface area contributed by atoms with Crippen LogP contribution >= 0.6 is 23.2 Å². The fourth-order valence-electron chi connectivity index (χ4n) is 1.97. The number of amides is 1. The second-order valence-electron chi connectivity index (χ2n) is 4.95. The zero-order valence-electron chi connectivity index (χ0n) is 12.1. The molecule has 0 unspecified atom stereocenters. The maximum absolute atomic E-state index is 11.9. The van der Waals surface area contributed by atoms with E-state index in [1.54, 1.807) is 0 Å². The monoisotopic (exact) mass is 347 g/mol. The van der Waals surface area contributed by atoms with Gasteiger partial charge in [-0.2, -0.15) is 0 Å². The molecule has 5 nitrogen and oxygen atoms in total. The average molecular weight is 348 g/mol. The summed E-state index contributed by atoms with van der Waals surface area (Å²) in [6.45, 7) is 0.474. The number of carbonyl (C=O) groups is 2. The van der Waals surface area contributed by atoms with Crippen LogP contribution in [-0.4, -0.2) is 28.6 Å². The van der Waals surface area contributed by atoms with Crippen molar-refractivity contribution in [3.63, 3.8) is 0 Å². The summed E-state index contributed by atoms with van der Waals surface area (Å²) in [6, 6.07) is 2.73. The molecule has 7 heteroatoms. The number of hydrogen-bond acceptors (Lipinski definition) is 3. The average Bonchev–Trinajstić information content (AvgIpc) is 2.45. The second kappa shape index (κ2) is 9.54. The first-order chi connectivity index (χ1) is 10.4. The largest absolute Gasteiger partial charge is 0.506 e. The molecule has 0 aromatic heterocycles. The molecule has 1 rings (SSSR count). The summed E-state index contributed by atoms with van der Waals surface area (Å²) in [7, 11) is 0. The summed E-state index contributed by atoms with van der Waals surface area (Å²) in [5.41, 5.74) is 0.0546. The molecule has 0 aliphatic rings. The van der Waals surface area contributed by atoms with Crippen LogP contribution in [0.25, 0.3) is 0 Å². The van der Waals surface area contributed by atoms with E-state index in [0.29, 0.717) is 13.0 Å². The number of carbonyl (C=O) groups excluding carboxylic acids is 1. The quantitative estimate of drug-likeness (QED) is 0.592. The van der Waals surface area contributed by atoms with Gasteiger partial charge in [0.15, 0.2) is 0 Å². The molecule has 0 radical (unpaired) electrons. The van der Waals surface area contributed by atoms with Crippen LogP contribution < -0.4 is 5.32 Å². The Hall–Kier alpha value is -1.46. The smallest absolute Gasteiger partial charge is 0.303 e. The van der Waals surface area contributed by atoms with Crippen LogP contribution in [0.1, 0.15) is 48.9 Å². The normalized spacial score (nSPS) is 10.5. The Labute approximate surface area is 139 Å². The second-order valence-corrected chi connectivity index (χ2v) is 5.79. The van der Waals surface area contributed by atoms with E-state index in [2.05, 4.69) is 5.32 Å². The van der Waals surface area contributed by atoms with Crippen molar-refractivity contribution in [1.82, 2.24) is 5.32 Å². The summed E-state index contributed by atoms with van der Waals surface area (Å²) in [4.78, 5) is 22.3. The van der Waals surface area contributed by atoms with Gasteiger partial charge >= 0.3 is 5.97 Å². The van der Waals surface area contributed by atoms with Gasteiger partial charge in [-0.15, -0.1) is 0 Å². The molecule has 0 atom stereocenters. The first-order valence-corrected chi connectivity index (χ1v) is 7.85. The van der Waals surface area contributed by atoms with E-state index >= 15 is 0 Å². The van der Waals surface area contributed by atoms with Gasteiger partial charge < -0.3 is 15.5 Å². The van der Waals surface area contributed by atoms with Gasteiger partial charge in [0.25, 0.3) is 5.91 Å². The summed E-state index contributed by atoms with van der Waals surface area (Å²) in [5.74, 6) is -1.47. The van der Waals surface area contributed by atoms with Gasteiger partial charge in [0.05, 0.1) is 10.6 Å². The third-order valence-corrected chi connectivity index (χ3v) is 3.63. The molecule has 0 fully saturated rings. The molecular formula is C15H19Cl2NO4. The number of nitrogens with one attached hydrogen (secondary N) is 1. The lowest BCUT2D eigenvalue weighted by Gasteiger charge is -2.08. The molecule has 0 bridgehead atoms. The van der Waals surface area contributed by atoms with Crippen molar-refractivity contribution in [1.29, 1.82) is 0 Å². The summed E-state index contributed by atoms with van der Waals surface area (Å²) < 4.78 is 0. The molecular weight excluding hydrogens is 329 g/mol. The van der Waals surface area contributed by atoms with E-state index in [1.165, 1.54) is 12.1 Å². The molecule has 0 aliphatic carbocycles. The first-order valence-electron chi connectivity index (χ1n) is 7.10. The Morgan fingerprint density at radius 3 is 2.36 bits per heavy atom. The lowest BCUT2D eigenvalue weighted by molar-refractivity contribution is -0.137. The highest BCUT2D eigenvalue weighted by molar-refractivity contribution is 6.36. The minimum atomic E-state index is -0.771. The van der Waals surface area contributed by atoms with Crippen molar-refractivity contribution >= 4 is 35.1 Å². The highest BCUT2D eigenvalue weighted by Gasteiger charge is 2.14. The Balaban J connectivity index is 2.25. The summed E-state index contributed by atoms with van der Waals surface area (Å²) in [5, 5.41) is 21.3. The molecule has 0 saturated carbocycles. The van der Waals surface area contributed by atoms with Crippen LogP contribution in [0.2, 0.25) is 10.0 Å². The number of aliphatic carboxylic acids is 1. The number of aromatic hydroxyl groups is 1. The van der Waals surface area contributed by atoms with Crippen molar-refractivity contribution in [3.8, 4) is 5.75 Å². The van der Waals surface area contributed by atoms with Gasteiger partial charge in [0.2, 0.25) is 0 Å². The van der Waals surface area contributed by atoms with Crippen molar-refractivity contribution in [2.75, 3.05) is 6.54 Å². The van der Waals surface area contributed by atoms with Gasteiger partial charge in [-0.1, -0.05) is 42.5 Å². The molecule has 122 valence electrons. The fourth-order valence-corrected chi connectivity index (χ4v) is 2.46. The highest BCUT2D eigenvalue weighted by atomic mass is 35.5. The molecule has 0 spiro atoms. The number of hydrogen-bond donors (Lipinski definition) is 3. The fraction of sp³-hybridized carbons (Fsp3) is 0.467. The molecule has 0 aliphatic heterocycles. The molecule has 22 heavy (non-hydrogen) atoms. The highest BCUT2D eigenvalue weighted by Crippen LogP contribution is 2.30. The van der Waals surface area contributed by atoms with Crippen LogP contribution in [-0.2, 0) is 4.79 Å². The zero-order valence-corrected chi connectivity index (χ0v) is 13.6. The number of carboxylic acid groups (broad SMARTS) is 1. The third kappa shape index (κ3) is 6.54. The summed E-state index contributed by atoms with van der Waals surface area (Å²) in [6.07, 6.45) is 4.36. The molecule has 1 aromatic carbocycles. The Morgan fingerprint density at radius 2 is 1.68 bits per heavy atom. The van der Waals surface area contributed by atoms with Gasteiger partial charge in [-0.25, -0.2) is 0 Å². The van der Waals surface area contributed by atoms with E-state index in [1.807, 2.05) is 0 Å². The number of halogens is 2. The number of phenols is 1. The number of rotatable bonds is 9. The van der Waals surface area contributed by atoms with Crippen LogP contribution in [0.5, 0.6) is 5.75 Å². The first kappa shape index (κ1) is 18.6. The van der Waals surface area contributed by atoms with Crippen LogP contribution in [0.4, 0.5) is 0 Å². The molecule has 3 N–H and O–H groups in total.